The van der Waals surface area contributed by atoms with Gasteiger partial charge in [0.25, 0.3) is 0 Å². The zero-order valence-corrected chi connectivity index (χ0v) is 9.21. The number of hydrazine groups is 1. The van der Waals surface area contributed by atoms with E-state index in [9.17, 15) is 8.78 Å². The van der Waals surface area contributed by atoms with Gasteiger partial charge in [-0.2, -0.15) is 0 Å². The van der Waals surface area contributed by atoms with Crippen LogP contribution in [0.3, 0.4) is 0 Å². The van der Waals surface area contributed by atoms with Gasteiger partial charge in [0.05, 0.1) is 6.26 Å². The van der Waals surface area contributed by atoms with Crippen molar-refractivity contribution in [3.63, 3.8) is 0 Å². The van der Waals surface area contributed by atoms with Crippen LogP contribution >= 0.6 is 0 Å². The molecule has 1 aromatic carbocycles. The second-order valence-electron chi connectivity index (χ2n) is 3.74. The number of benzene rings is 1. The first-order valence-electron chi connectivity index (χ1n) is 5.08. The van der Waals surface area contributed by atoms with Crippen LogP contribution in [0.5, 0.6) is 0 Å². The van der Waals surface area contributed by atoms with Crippen molar-refractivity contribution >= 4 is 0 Å². The molecule has 0 aliphatic carbocycles. The number of hydrogen-bond donors (Lipinski definition) is 2. The molecule has 90 valence electrons. The number of aryl methyl sites for hydroxylation is 1. The maximum Gasteiger partial charge on any atom is 0.131 e. The molecule has 0 spiro atoms. The quantitative estimate of drug-likeness (QED) is 0.637. The van der Waals surface area contributed by atoms with E-state index in [1.54, 1.807) is 19.1 Å². The van der Waals surface area contributed by atoms with E-state index >= 15 is 0 Å². The summed E-state index contributed by atoms with van der Waals surface area (Å²) < 4.78 is 32.0. The molecule has 0 aliphatic heterocycles. The lowest BCUT2D eigenvalue weighted by molar-refractivity contribution is 0.439. The molecule has 0 fully saturated rings. The average molecular weight is 238 g/mol. The molecule has 0 amide bonds. The fourth-order valence-corrected chi connectivity index (χ4v) is 1.68. The summed E-state index contributed by atoms with van der Waals surface area (Å²) in [6.45, 7) is 1.56. The Bertz CT molecular complexity index is 511. The third kappa shape index (κ3) is 2.20. The van der Waals surface area contributed by atoms with E-state index in [4.69, 9.17) is 10.3 Å². The Hall–Kier alpha value is -1.72. The van der Waals surface area contributed by atoms with Gasteiger partial charge in [0.15, 0.2) is 0 Å². The van der Waals surface area contributed by atoms with Gasteiger partial charge in [0.2, 0.25) is 0 Å². The topological polar surface area (TPSA) is 51.2 Å². The van der Waals surface area contributed by atoms with Crippen molar-refractivity contribution in [2.75, 3.05) is 0 Å². The fraction of sp³-hybridized carbons (Fsp3) is 0.167. The van der Waals surface area contributed by atoms with Gasteiger partial charge < -0.3 is 4.42 Å². The van der Waals surface area contributed by atoms with E-state index in [0.717, 1.165) is 6.07 Å². The van der Waals surface area contributed by atoms with Gasteiger partial charge in [-0.1, -0.05) is 0 Å². The van der Waals surface area contributed by atoms with Crippen molar-refractivity contribution in [2.24, 2.45) is 5.84 Å². The first kappa shape index (κ1) is 11.8. The summed E-state index contributed by atoms with van der Waals surface area (Å²) in [5, 5.41) is 0. The smallest absolute Gasteiger partial charge is 0.131 e. The molecule has 3 N–H and O–H groups in total. The summed E-state index contributed by atoms with van der Waals surface area (Å²) in [4.78, 5) is 0. The van der Waals surface area contributed by atoms with Crippen LogP contribution in [0.15, 0.2) is 34.9 Å². The van der Waals surface area contributed by atoms with Crippen LogP contribution in [0.25, 0.3) is 0 Å². The zero-order chi connectivity index (χ0) is 12.4. The molecule has 2 rings (SSSR count). The van der Waals surface area contributed by atoms with Crippen LogP contribution in [-0.2, 0) is 0 Å². The van der Waals surface area contributed by atoms with Crippen LogP contribution in [0.2, 0.25) is 0 Å². The highest BCUT2D eigenvalue weighted by Crippen LogP contribution is 2.26. The minimum Gasteiger partial charge on any atom is -0.467 e. The molecule has 2 aromatic rings. The van der Waals surface area contributed by atoms with Crippen molar-refractivity contribution in [1.29, 1.82) is 0 Å². The maximum atomic E-state index is 13.7. The molecule has 17 heavy (non-hydrogen) atoms. The monoisotopic (exact) mass is 238 g/mol. The Kier molecular flexibility index (Phi) is 3.21. The third-order valence-corrected chi connectivity index (χ3v) is 2.58. The van der Waals surface area contributed by atoms with E-state index in [1.807, 2.05) is 0 Å². The molecule has 1 unspecified atom stereocenters. The number of nitrogens with one attached hydrogen (secondary N) is 1. The van der Waals surface area contributed by atoms with E-state index in [-0.39, 0.29) is 5.56 Å². The first-order valence-corrected chi connectivity index (χ1v) is 5.08. The highest BCUT2D eigenvalue weighted by atomic mass is 19.1. The Balaban J connectivity index is 2.48. The number of furan rings is 1. The normalized spacial score (nSPS) is 12.7. The van der Waals surface area contributed by atoms with Crippen LogP contribution in [0, 0.1) is 18.6 Å². The van der Waals surface area contributed by atoms with Crippen molar-refractivity contribution < 1.29 is 13.2 Å². The Morgan fingerprint density at radius 2 is 2.06 bits per heavy atom. The van der Waals surface area contributed by atoms with Gasteiger partial charge in [-0.3, -0.25) is 5.84 Å². The van der Waals surface area contributed by atoms with Gasteiger partial charge >= 0.3 is 0 Å². The molecule has 1 atom stereocenters. The predicted molar refractivity (Wildman–Crippen MR) is 59.0 cm³/mol. The zero-order valence-electron chi connectivity index (χ0n) is 9.21. The molecule has 1 aromatic heterocycles. The third-order valence-electron chi connectivity index (χ3n) is 2.58. The lowest BCUT2D eigenvalue weighted by Gasteiger charge is -2.15. The minimum atomic E-state index is -0.660. The summed E-state index contributed by atoms with van der Waals surface area (Å²) in [5.74, 6) is 4.61. The second kappa shape index (κ2) is 4.65. The van der Waals surface area contributed by atoms with E-state index in [2.05, 4.69) is 5.43 Å². The van der Waals surface area contributed by atoms with Gasteiger partial charge in [0.1, 0.15) is 23.4 Å². The van der Waals surface area contributed by atoms with Crippen LogP contribution < -0.4 is 11.3 Å². The number of hydrogen-bond acceptors (Lipinski definition) is 3. The summed E-state index contributed by atoms with van der Waals surface area (Å²) in [7, 11) is 0. The summed E-state index contributed by atoms with van der Waals surface area (Å²) in [6.07, 6.45) is 1.47. The largest absolute Gasteiger partial charge is 0.467 e. The van der Waals surface area contributed by atoms with E-state index in [1.165, 1.54) is 12.3 Å². The van der Waals surface area contributed by atoms with E-state index < -0.39 is 17.7 Å². The Morgan fingerprint density at radius 1 is 1.29 bits per heavy atom. The standard InChI is InChI=1S/C12H12F2N2O/c1-7-5-8(10(14)6-9(7)13)12(16-15)11-3-2-4-17-11/h2-6,12,16H,15H2,1H3. The molecule has 5 heteroatoms. The van der Waals surface area contributed by atoms with Crippen molar-refractivity contribution in [3.8, 4) is 0 Å². The van der Waals surface area contributed by atoms with Gasteiger partial charge in [-0.25, -0.2) is 14.2 Å². The summed E-state index contributed by atoms with van der Waals surface area (Å²) in [6, 6.07) is 4.97. The van der Waals surface area contributed by atoms with Gasteiger partial charge in [-0.05, 0) is 30.7 Å². The number of nitrogens with two attached hydrogens (primary N) is 1. The Labute approximate surface area is 97.2 Å². The molecule has 0 bridgehead atoms. The Morgan fingerprint density at radius 3 is 2.65 bits per heavy atom. The molecule has 0 radical (unpaired) electrons. The maximum absolute atomic E-state index is 13.7. The lowest BCUT2D eigenvalue weighted by atomic mass is 10.0. The van der Waals surface area contributed by atoms with Crippen LogP contribution in [0.4, 0.5) is 8.78 Å². The fourth-order valence-electron chi connectivity index (χ4n) is 1.68. The summed E-state index contributed by atoms with van der Waals surface area (Å²) in [5.41, 5.74) is 3.06. The number of halogens is 2. The molecular weight excluding hydrogens is 226 g/mol. The molecular formula is C12H12F2N2O. The summed E-state index contributed by atoms with van der Waals surface area (Å²) >= 11 is 0. The first-order chi connectivity index (χ1) is 8.13. The predicted octanol–water partition coefficient (Wildman–Crippen LogP) is 2.42. The molecule has 1 heterocycles. The molecule has 0 aliphatic rings. The van der Waals surface area contributed by atoms with Crippen LogP contribution in [-0.4, -0.2) is 0 Å². The van der Waals surface area contributed by atoms with Crippen molar-refractivity contribution in [3.05, 3.63) is 59.1 Å². The highest BCUT2D eigenvalue weighted by Gasteiger charge is 2.20. The minimum absolute atomic E-state index is 0.251. The highest BCUT2D eigenvalue weighted by molar-refractivity contribution is 5.32. The number of rotatable bonds is 3. The van der Waals surface area contributed by atoms with Gasteiger partial charge in [-0.15, -0.1) is 0 Å². The SMILES string of the molecule is Cc1cc(C(NN)c2ccco2)c(F)cc1F. The van der Waals surface area contributed by atoms with Crippen LogP contribution in [0.1, 0.15) is 22.9 Å². The lowest BCUT2D eigenvalue weighted by Crippen LogP contribution is -2.29. The molecule has 3 nitrogen and oxygen atoms in total. The molecule has 0 saturated carbocycles. The second-order valence-corrected chi connectivity index (χ2v) is 3.74. The van der Waals surface area contributed by atoms with Crippen molar-refractivity contribution in [2.45, 2.75) is 13.0 Å². The van der Waals surface area contributed by atoms with Gasteiger partial charge in [0, 0.05) is 11.6 Å². The van der Waals surface area contributed by atoms with Crippen molar-refractivity contribution in [1.82, 2.24) is 5.43 Å². The van der Waals surface area contributed by atoms with E-state index in [0.29, 0.717) is 11.3 Å². The average Bonchev–Trinajstić information content (AvgIpc) is 2.80. The molecule has 0 saturated heterocycles.